The number of aliphatic hydroxyl groups excluding tert-OH is 1. The molecule has 0 unspecified atom stereocenters. The van der Waals surface area contributed by atoms with E-state index in [-0.39, 0.29) is 18.4 Å². The van der Waals surface area contributed by atoms with Crippen LogP contribution in [0.5, 0.6) is 0 Å². The van der Waals surface area contributed by atoms with Gasteiger partial charge in [-0.25, -0.2) is 9.97 Å². The minimum atomic E-state index is -0.645. The van der Waals surface area contributed by atoms with E-state index in [1.807, 2.05) is 0 Å². The maximum absolute atomic E-state index is 12.8. The number of aromatic nitrogens is 2. The molecule has 1 saturated carbocycles. The van der Waals surface area contributed by atoms with Crippen molar-refractivity contribution in [2.75, 3.05) is 32.7 Å². The molecule has 3 aliphatic rings. The van der Waals surface area contributed by atoms with E-state index in [1.54, 1.807) is 6.07 Å². The molecule has 204 valence electrons. The van der Waals surface area contributed by atoms with E-state index in [9.17, 15) is 14.7 Å². The second kappa shape index (κ2) is 12.8. The Morgan fingerprint density at radius 2 is 1.76 bits per heavy atom. The first-order valence-electron chi connectivity index (χ1n) is 14.4. The van der Waals surface area contributed by atoms with Crippen LogP contribution in [-0.2, 0) is 24.2 Å². The zero-order valence-corrected chi connectivity index (χ0v) is 22.4. The van der Waals surface area contributed by atoms with Crippen LogP contribution in [0.25, 0.3) is 0 Å². The molecule has 1 atom stereocenters. The van der Waals surface area contributed by atoms with Crippen molar-refractivity contribution in [3.05, 3.63) is 59.2 Å². The summed E-state index contributed by atoms with van der Waals surface area (Å²) in [5.41, 5.74) is 3.89. The highest BCUT2D eigenvalue weighted by Gasteiger charge is 2.30. The fourth-order valence-electron chi connectivity index (χ4n) is 6.29. The molecule has 1 aliphatic carbocycles. The van der Waals surface area contributed by atoms with E-state index in [1.165, 1.54) is 23.9 Å². The lowest BCUT2D eigenvalue weighted by molar-refractivity contribution is -0.137. The van der Waals surface area contributed by atoms with Gasteiger partial charge in [-0.05, 0) is 80.9 Å². The number of rotatable bonds is 8. The van der Waals surface area contributed by atoms with Crippen molar-refractivity contribution < 1.29 is 14.7 Å². The van der Waals surface area contributed by atoms with Crippen molar-refractivity contribution in [3.63, 3.8) is 0 Å². The van der Waals surface area contributed by atoms with Crippen molar-refractivity contribution in [2.45, 2.75) is 70.4 Å². The first kappa shape index (κ1) is 26.8. The van der Waals surface area contributed by atoms with Gasteiger partial charge in [0.05, 0.1) is 6.10 Å². The molecule has 2 aromatic rings. The van der Waals surface area contributed by atoms with Gasteiger partial charge in [0.2, 0.25) is 5.91 Å². The van der Waals surface area contributed by atoms with E-state index in [4.69, 9.17) is 0 Å². The van der Waals surface area contributed by atoms with Gasteiger partial charge < -0.3 is 15.3 Å². The molecule has 2 fully saturated rings. The summed E-state index contributed by atoms with van der Waals surface area (Å²) in [5, 5.41) is 13.4. The van der Waals surface area contributed by atoms with Crippen LogP contribution in [0.2, 0.25) is 0 Å². The van der Waals surface area contributed by atoms with Gasteiger partial charge in [0.25, 0.3) is 5.91 Å². The second-order valence-corrected chi connectivity index (χ2v) is 11.3. The molecule has 2 aliphatic heterocycles. The van der Waals surface area contributed by atoms with Crippen LogP contribution < -0.4 is 5.32 Å². The monoisotopic (exact) mass is 519 g/mol. The van der Waals surface area contributed by atoms with Crippen LogP contribution in [0.1, 0.15) is 72.3 Å². The first-order valence-corrected chi connectivity index (χ1v) is 14.4. The number of likely N-dealkylation sites (tertiary alicyclic amines) is 1. The van der Waals surface area contributed by atoms with Crippen molar-refractivity contribution in [1.29, 1.82) is 0 Å². The Kier molecular flexibility index (Phi) is 9.02. The maximum atomic E-state index is 12.8. The van der Waals surface area contributed by atoms with Crippen LogP contribution in [0.4, 0.5) is 0 Å². The smallest absolute Gasteiger partial charge is 0.270 e. The van der Waals surface area contributed by atoms with Gasteiger partial charge in [-0.2, -0.15) is 0 Å². The first-order chi connectivity index (χ1) is 18.5. The molecule has 0 bridgehead atoms. The third-order valence-corrected chi connectivity index (χ3v) is 8.49. The number of amides is 2. The molecule has 1 saturated heterocycles. The fraction of sp³-hybridized carbons (Fsp3) is 0.600. The van der Waals surface area contributed by atoms with Gasteiger partial charge in [0, 0.05) is 50.9 Å². The van der Waals surface area contributed by atoms with Crippen LogP contribution in [0.3, 0.4) is 0 Å². The highest BCUT2D eigenvalue weighted by molar-refractivity contribution is 5.92. The number of fused-ring (bicyclic) bond motifs is 1. The number of nitrogens with one attached hydrogen (secondary N) is 1. The second-order valence-electron chi connectivity index (χ2n) is 11.3. The Labute approximate surface area is 225 Å². The molecule has 3 heterocycles. The Morgan fingerprint density at radius 3 is 2.55 bits per heavy atom. The van der Waals surface area contributed by atoms with Crippen molar-refractivity contribution in [3.8, 4) is 0 Å². The van der Waals surface area contributed by atoms with Gasteiger partial charge in [0.15, 0.2) is 0 Å². The molecule has 0 radical (unpaired) electrons. The fourth-order valence-corrected chi connectivity index (χ4v) is 6.29. The van der Waals surface area contributed by atoms with Gasteiger partial charge >= 0.3 is 0 Å². The minimum Gasteiger partial charge on any atom is -0.390 e. The molecule has 2 amide bonds. The number of hydrogen-bond donors (Lipinski definition) is 2. The number of carbonyl (C=O) groups is 2. The highest BCUT2D eigenvalue weighted by atomic mass is 16.3. The number of aliphatic hydroxyl groups is 1. The molecule has 5 rings (SSSR count). The number of carbonyl (C=O) groups excluding carboxylic acids is 2. The summed E-state index contributed by atoms with van der Waals surface area (Å²) in [4.78, 5) is 38.5. The van der Waals surface area contributed by atoms with E-state index in [2.05, 4.69) is 49.4 Å². The van der Waals surface area contributed by atoms with E-state index in [0.29, 0.717) is 24.1 Å². The average molecular weight is 520 g/mol. The summed E-state index contributed by atoms with van der Waals surface area (Å²) < 4.78 is 0. The Bertz CT molecular complexity index is 1090. The Hall–Kier alpha value is -2.84. The molecule has 38 heavy (non-hydrogen) atoms. The summed E-state index contributed by atoms with van der Waals surface area (Å²) in [7, 11) is 0. The van der Waals surface area contributed by atoms with Crippen molar-refractivity contribution in [1.82, 2.24) is 25.1 Å². The van der Waals surface area contributed by atoms with Crippen LogP contribution in [0, 0.1) is 11.8 Å². The van der Waals surface area contributed by atoms with Crippen molar-refractivity contribution in [2.24, 2.45) is 11.8 Å². The predicted molar refractivity (Wildman–Crippen MR) is 145 cm³/mol. The molecule has 8 nitrogen and oxygen atoms in total. The van der Waals surface area contributed by atoms with E-state index < -0.39 is 6.10 Å². The van der Waals surface area contributed by atoms with Crippen LogP contribution in [-0.4, -0.2) is 75.5 Å². The van der Waals surface area contributed by atoms with Crippen molar-refractivity contribution >= 4 is 11.8 Å². The quantitative estimate of drug-likeness (QED) is 0.557. The van der Waals surface area contributed by atoms with E-state index in [0.717, 1.165) is 83.2 Å². The zero-order valence-electron chi connectivity index (χ0n) is 22.4. The molecular formula is C30H41N5O3. The number of hydrogen-bond acceptors (Lipinski definition) is 6. The molecule has 2 N–H and O–H groups in total. The normalized spacial score (nSPS) is 22.9. The maximum Gasteiger partial charge on any atom is 0.270 e. The van der Waals surface area contributed by atoms with Crippen LogP contribution >= 0.6 is 0 Å². The van der Waals surface area contributed by atoms with Gasteiger partial charge in [-0.1, -0.05) is 24.3 Å². The van der Waals surface area contributed by atoms with Gasteiger partial charge in [0.1, 0.15) is 12.0 Å². The number of piperidine rings is 1. The SMILES string of the molecule is O=C(NC[C@H](O)CN1CCc2ccccc2C1)c1cc(CC2CCC(C(=O)N3CCCCC3)CC2)ncn1. The molecular weight excluding hydrogens is 478 g/mol. The molecule has 0 spiro atoms. The summed E-state index contributed by atoms with van der Waals surface area (Å²) in [6.45, 7) is 4.29. The van der Waals surface area contributed by atoms with Gasteiger partial charge in [-0.3, -0.25) is 14.5 Å². The van der Waals surface area contributed by atoms with Gasteiger partial charge in [-0.15, -0.1) is 0 Å². The summed E-state index contributed by atoms with van der Waals surface area (Å²) in [6, 6.07) is 10.2. The Balaban J connectivity index is 1.05. The standard InChI is InChI=1S/C30H41N5O3/c36-27(20-34-15-12-23-6-2-3-7-25(23)19-34)18-31-29(37)28-17-26(32-21-33-28)16-22-8-10-24(11-9-22)30(38)35-13-4-1-5-14-35/h2-3,6-7,17,21-22,24,27,36H,1,4-5,8-16,18-20H2,(H,31,37)/t22?,24?,27-/m0/s1. The molecule has 1 aromatic carbocycles. The zero-order chi connectivity index (χ0) is 26.3. The highest BCUT2D eigenvalue weighted by Crippen LogP contribution is 2.32. The largest absolute Gasteiger partial charge is 0.390 e. The third kappa shape index (κ3) is 6.97. The minimum absolute atomic E-state index is 0.169. The predicted octanol–water partition coefficient (Wildman–Crippen LogP) is 2.99. The lowest BCUT2D eigenvalue weighted by Gasteiger charge is -2.34. The number of nitrogens with zero attached hydrogens (tertiary/aromatic N) is 4. The summed E-state index contributed by atoms with van der Waals surface area (Å²) >= 11 is 0. The topological polar surface area (TPSA) is 98.7 Å². The lowest BCUT2D eigenvalue weighted by Crippen LogP contribution is -2.42. The number of β-amino-alcohol motifs (C(OH)–C–C–N with tert-alkyl or cyclic N) is 1. The molecule has 1 aromatic heterocycles. The average Bonchev–Trinajstić information content (AvgIpc) is 2.96. The molecule has 8 heteroatoms. The summed E-state index contributed by atoms with van der Waals surface area (Å²) in [6.07, 6.45) is 10.0. The number of benzene rings is 1. The summed E-state index contributed by atoms with van der Waals surface area (Å²) in [5.74, 6) is 0.717. The van der Waals surface area contributed by atoms with Crippen LogP contribution in [0.15, 0.2) is 36.7 Å². The lowest BCUT2D eigenvalue weighted by atomic mass is 9.79. The third-order valence-electron chi connectivity index (χ3n) is 8.49. The van der Waals surface area contributed by atoms with E-state index >= 15 is 0 Å². The Morgan fingerprint density at radius 1 is 1.00 bits per heavy atom.